The first-order valence-electron chi connectivity index (χ1n) is 8.62. The van der Waals surface area contributed by atoms with E-state index in [0.717, 1.165) is 17.5 Å². The molecule has 6 heteroatoms. The van der Waals surface area contributed by atoms with Gasteiger partial charge in [-0.05, 0) is 55.5 Å². The molecule has 1 saturated heterocycles. The third-order valence-electron chi connectivity index (χ3n) is 5.34. The largest absolute Gasteiger partial charge is 0.339 e. The van der Waals surface area contributed by atoms with Gasteiger partial charge in [0.2, 0.25) is 11.8 Å². The number of hydrogen-bond acceptors (Lipinski definition) is 2. The Morgan fingerprint density at radius 3 is 2.44 bits per heavy atom. The number of carbonyl (C=O) groups excluding carboxylic acids is 2. The van der Waals surface area contributed by atoms with Crippen molar-refractivity contribution in [2.24, 2.45) is 5.92 Å². The molecule has 0 saturated carbocycles. The highest BCUT2D eigenvalue weighted by molar-refractivity contribution is 6.42. The molecule has 2 aliphatic heterocycles. The second kappa shape index (κ2) is 7.38. The van der Waals surface area contributed by atoms with Gasteiger partial charge < -0.3 is 9.80 Å². The molecule has 0 bridgehead atoms. The highest BCUT2D eigenvalue weighted by atomic mass is 35.5. The minimum absolute atomic E-state index is 0.0150. The van der Waals surface area contributed by atoms with E-state index in [1.807, 2.05) is 24.0 Å². The van der Waals surface area contributed by atoms with Crippen LogP contribution in [0.2, 0.25) is 10.0 Å². The monoisotopic (exact) mass is 380 g/mol. The number of nitrogens with zero attached hydrogens (tertiary/aromatic N) is 2. The van der Waals surface area contributed by atoms with Gasteiger partial charge in [-0.3, -0.25) is 9.59 Å². The average Bonchev–Trinajstić information content (AvgIpc) is 2.62. The van der Waals surface area contributed by atoms with E-state index in [0.29, 0.717) is 42.5 Å². The summed E-state index contributed by atoms with van der Waals surface area (Å²) in [4.78, 5) is 28.4. The fourth-order valence-corrected chi connectivity index (χ4v) is 4.18. The van der Waals surface area contributed by atoms with Crippen molar-refractivity contribution in [1.29, 1.82) is 0 Å². The topological polar surface area (TPSA) is 40.6 Å². The molecule has 2 aliphatic rings. The lowest BCUT2D eigenvalue weighted by Crippen LogP contribution is -2.46. The minimum Gasteiger partial charge on any atom is -0.339 e. The molecule has 1 fully saturated rings. The van der Waals surface area contributed by atoms with Crippen LogP contribution < -0.4 is 0 Å². The fourth-order valence-electron chi connectivity index (χ4n) is 3.82. The Balaban J connectivity index is 1.70. The predicted molar refractivity (Wildman–Crippen MR) is 99.8 cm³/mol. The summed E-state index contributed by atoms with van der Waals surface area (Å²) < 4.78 is 0. The third kappa shape index (κ3) is 3.56. The molecule has 0 radical (unpaired) electrons. The Hall–Kier alpha value is -1.52. The van der Waals surface area contributed by atoms with Gasteiger partial charge in [-0.15, -0.1) is 0 Å². The number of carbonyl (C=O) groups is 2. The van der Waals surface area contributed by atoms with E-state index in [2.05, 4.69) is 6.58 Å². The van der Waals surface area contributed by atoms with E-state index in [4.69, 9.17) is 23.2 Å². The molecule has 3 rings (SSSR count). The zero-order valence-electron chi connectivity index (χ0n) is 14.3. The minimum atomic E-state index is -0.0577. The van der Waals surface area contributed by atoms with Crippen LogP contribution in [0.15, 0.2) is 24.8 Å². The molecule has 134 valence electrons. The smallest absolute Gasteiger partial charge is 0.245 e. The van der Waals surface area contributed by atoms with Crippen LogP contribution in [0.1, 0.15) is 36.9 Å². The van der Waals surface area contributed by atoms with Gasteiger partial charge in [0.05, 0.1) is 16.1 Å². The predicted octanol–water partition coefficient (Wildman–Crippen LogP) is 3.86. The second-order valence-electron chi connectivity index (χ2n) is 6.73. The van der Waals surface area contributed by atoms with Crippen LogP contribution in [-0.2, 0) is 16.0 Å². The van der Waals surface area contributed by atoms with E-state index in [-0.39, 0.29) is 23.8 Å². The molecule has 0 spiro atoms. The molecule has 0 N–H and O–H groups in total. The highest BCUT2D eigenvalue weighted by Crippen LogP contribution is 2.36. The summed E-state index contributed by atoms with van der Waals surface area (Å²) in [5.41, 5.74) is 2.24. The summed E-state index contributed by atoms with van der Waals surface area (Å²) in [6.07, 6.45) is 3.53. The number of hydrogen-bond donors (Lipinski definition) is 0. The zero-order valence-corrected chi connectivity index (χ0v) is 15.8. The highest BCUT2D eigenvalue weighted by Gasteiger charge is 2.34. The van der Waals surface area contributed by atoms with Crippen molar-refractivity contribution in [3.8, 4) is 0 Å². The Bertz CT molecular complexity index is 712. The molecular formula is C19H22Cl2N2O2. The van der Waals surface area contributed by atoms with E-state index >= 15 is 0 Å². The lowest BCUT2D eigenvalue weighted by Gasteiger charge is -2.39. The Kier molecular flexibility index (Phi) is 5.40. The average molecular weight is 381 g/mol. The van der Waals surface area contributed by atoms with Crippen LogP contribution in [0, 0.1) is 5.92 Å². The fraction of sp³-hybridized carbons (Fsp3) is 0.474. The van der Waals surface area contributed by atoms with Gasteiger partial charge in [-0.1, -0.05) is 29.8 Å². The van der Waals surface area contributed by atoms with Crippen molar-refractivity contribution in [2.45, 2.75) is 32.2 Å². The summed E-state index contributed by atoms with van der Waals surface area (Å²) in [7, 11) is 0. The molecule has 2 amide bonds. The van der Waals surface area contributed by atoms with Crippen LogP contribution >= 0.6 is 23.2 Å². The maximum atomic E-state index is 13.0. The van der Waals surface area contributed by atoms with Gasteiger partial charge in [-0.2, -0.15) is 0 Å². The van der Waals surface area contributed by atoms with Gasteiger partial charge in [0.25, 0.3) is 0 Å². The molecule has 0 aliphatic carbocycles. The van der Waals surface area contributed by atoms with Crippen molar-refractivity contribution in [2.75, 3.05) is 19.6 Å². The van der Waals surface area contributed by atoms with Crippen LogP contribution in [0.4, 0.5) is 0 Å². The maximum absolute atomic E-state index is 13.0. The van der Waals surface area contributed by atoms with Crippen LogP contribution in [0.25, 0.3) is 0 Å². The van der Waals surface area contributed by atoms with Gasteiger partial charge in [-0.25, -0.2) is 0 Å². The SMILES string of the molecule is C=CC(=O)N1CCC(C(=O)N2CCc3cc(Cl)c(Cl)cc3C2C)CC1. The number of rotatable bonds is 2. The standard InChI is InChI=1S/C19H22Cl2N2O2/c1-3-18(24)22-7-4-13(5-8-22)19(25)23-9-6-14-10-16(20)17(21)11-15(14)12(23)2/h3,10-13H,1,4-9H2,2H3. The molecular weight excluding hydrogens is 359 g/mol. The van der Waals surface area contributed by atoms with Crippen molar-refractivity contribution >= 4 is 35.0 Å². The van der Waals surface area contributed by atoms with Gasteiger partial charge in [0, 0.05) is 25.6 Å². The maximum Gasteiger partial charge on any atom is 0.245 e. The van der Waals surface area contributed by atoms with E-state index < -0.39 is 0 Å². The summed E-state index contributed by atoms with van der Waals surface area (Å²) in [6.45, 7) is 7.48. The van der Waals surface area contributed by atoms with Gasteiger partial charge >= 0.3 is 0 Å². The molecule has 25 heavy (non-hydrogen) atoms. The molecule has 1 unspecified atom stereocenters. The zero-order chi connectivity index (χ0) is 18.1. The van der Waals surface area contributed by atoms with Gasteiger partial charge in [0.1, 0.15) is 0 Å². The molecule has 1 aromatic carbocycles. The van der Waals surface area contributed by atoms with Crippen molar-refractivity contribution in [1.82, 2.24) is 9.80 Å². The Labute approximate surface area is 158 Å². The first-order valence-corrected chi connectivity index (χ1v) is 9.37. The molecule has 4 nitrogen and oxygen atoms in total. The second-order valence-corrected chi connectivity index (χ2v) is 7.54. The van der Waals surface area contributed by atoms with E-state index in [9.17, 15) is 9.59 Å². The van der Waals surface area contributed by atoms with Crippen molar-refractivity contribution in [3.63, 3.8) is 0 Å². The van der Waals surface area contributed by atoms with Crippen molar-refractivity contribution in [3.05, 3.63) is 46.0 Å². The Morgan fingerprint density at radius 2 is 1.80 bits per heavy atom. The lowest BCUT2D eigenvalue weighted by atomic mass is 9.89. The van der Waals surface area contributed by atoms with Crippen LogP contribution in [0.3, 0.4) is 0 Å². The Morgan fingerprint density at radius 1 is 1.16 bits per heavy atom. The first kappa shape index (κ1) is 18.3. The first-order chi connectivity index (χ1) is 11.9. The van der Waals surface area contributed by atoms with Crippen LogP contribution in [0.5, 0.6) is 0 Å². The number of amides is 2. The van der Waals surface area contributed by atoms with Crippen LogP contribution in [-0.4, -0.2) is 41.2 Å². The number of likely N-dealkylation sites (tertiary alicyclic amines) is 1. The number of halogens is 2. The summed E-state index contributed by atoms with van der Waals surface area (Å²) in [6, 6.07) is 3.78. The quantitative estimate of drug-likeness (QED) is 0.730. The molecule has 1 aromatic rings. The molecule has 1 atom stereocenters. The molecule has 2 heterocycles. The molecule has 0 aromatic heterocycles. The van der Waals surface area contributed by atoms with E-state index in [1.54, 1.807) is 4.90 Å². The van der Waals surface area contributed by atoms with E-state index in [1.165, 1.54) is 6.08 Å². The number of piperidine rings is 1. The normalized spacial score (nSPS) is 21.0. The summed E-state index contributed by atoms with van der Waals surface area (Å²) in [5.74, 6) is 0.0910. The number of benzene rings is 1. The lowest BCUT2D eigenvalue weighted by molar-refractivity contribution is -0.141. The summed E-state index contributed by atoms with van der Waals surface area (Å²) in [5, 5.41) is 1.09. The van der Waals surface area contributed by atoms with Crippen molar-refractivity contribution < 1.29 is 9.59 Å². The number of fused-ring (bicyclic) bond motifs is 1. The summed E-state index contributed by atoms with van der Waals surface area (Å²) >= 11 is 12.3. The third-order valence-corrected chi connectivity index (χ3v) is 6.06. The van der Waals surface area contributed by atoms with Gasteiger partial charge in [0.15, 0.2) is 0 Å².